The van der Waals surface area contributed by atoms with Gasteiger partial charge < -0.3 is 16.0 Å². The van der Waals surface area contributed by atoms with E-state index in [1.165, 1.54) is 0 Å². The van der Waals surface area contributed by atoms with Crippen LogP contribution in [0.5, 0.6) is 0 Å². The molecule has 0 saturated carbocycles. The molecule has 0 spiro atoms. The van der Waals surface area contributed by atoms with E-state index >= 15 is 0 Å². The molecule has 2 atom stereocenters. The summed E-state index contributed by atoms with van der Waals surface area (Å²) in [7, 11) is 0. The van der Waals surface area contributed by atoms with Crippen LogP contribution in [0.2, 0.25) is 0 Å². The van der Waals surface area contributed by atoms with Gasteiger partial charge in [-0.05, 0) is 33.6 Å². The van der Waals surface area contributed by atoms with Crippen molar-refractivity contribution in [2.45, 2.75) is 57.4 Å². The molecule has 106 valence electrons. The Morgan fingerprint density at radius 3 is 2.22 bits per heavy atom. The zero-order valence-corrected chi connectivity index (χ0v) is 10.8. The van der Waals surface area contributed by atoms with E-state index in [-0.39, 0.29) is 30.6 Å². The van der Waals surface area contributed by atoms with E-state index in [0.29, 0.717) is 6.42 Å². The summed E-state index contributed by atoms with van der Waals surface area (Å²) in [5.41, 5.74) is -0.360. The number of carbonyl (C=O) groups is 1. The number of rotatable bonds is 1. The molecule has 1 fully saturated rings. The SMILES string of the molecule is CC(C)(C)NC(=O)NC1CCC(C(F)(F)F)NC1. The van der Waals surface area contributed by atoms with Gasteiger partial charge in [0.1, 0.15) is 6.04 Å². The maximum atomic E-state index is 12.4. The minimum absolute atomic E-state index is 0.00996. The number of urea groups is 1. The van der Waals surface area contributed by atoms with Crippen LogP contribution in [0.3, 0.4) is 0 Å². The van der Waals surface area contributed by atoms with Gasteiger partial charge in [0.25, 0.3) is 0 Å². The normalized spacial score (nSPS) is 25.7. The molecule has 0 aromatic heterocycles. The number of hydrogen-bond donors (Lipinski definition) is 3. The zero-order chi connectivity index (χ0) is 14.0. The molecule has 0 radical (unpaired) electrons. The first-order chi connectivity index (χ1) is 8.08. The minimum atomic E-state index is -4.21. The summed E-state index contributed by atoms with van der Waals surface area (Å²) < 4.78 is 37.2. The molecule has 1 rings (SSSR count). The van der Waals surface area contributed by atoms with Crippen LogP contribution in [0.1, 0.15) is 33.6 Å². The van der Waals surface area contributed by atoms with E-state index in [0.717, 1.165) is 0 Å². The van der Waals surface area contributed by atoms with Gasteiger partial charge in [-0.15, -0.1) is 0 Å². The molecule has 4 nitrogen and oxygen atoms in total. The number of halogens is 3. The number of nitrogens with one attached hydrogen (secondary N) is 3. The molecule has 0 bridgehead atoms. The Labute approximate surface area is 105 Å². The Bertz CT molecular complexity index is 291. The summed E-state index contributed by atoms with van der Waals surface area (Å²) in [6.07, 6.45) is -3.89. The summed E-state index contributed by atoms with van der Waals surface area (Å²) in [5.74, 6) is 0. The van der Waals surface area contributed by atoms with Crippen molar-refractivity contribution in [3.63, 3.8) is 0 Å². The lowest BCUT2D eigenvalue weighted by atomic mass is 10.0. The van der Waals surface area contributed by atoms with Crippen molar-refractivity contribution in [1.82, 2.24) is 16.0 Å². The second-order valence-corrected chi connectivity index (χ2v) is 5.63. The highest BCUT2D eigenvalue weighted by Crippen LogP contribution is 2.26. The van der Waals surface area contributed by atoms with Gasteiger partial charge in [-0.25, -0.2) is 4.79 Å². The lowest BCUT2D eigenvalue weighted by molar-refractivity contribution is -0.160. The van der Waals surface area contributed by atoms with Gasteiger partial charge >= 0.3 is 12.2 Å². The Morgan fingerprint density at radius 1 is 1.22 bits per heavy atom. The molecule has 0 aromatic carbocycles. The van der Waals surface area contributed by atoms with Crippen LogP contribution >= 0.6 is 0 Å². The highest BCUT2D eigenvalue weighted by Gasteiger charge is 2.41. The number of amides is 2. The first kappa shape index (κ1) is 15.1. The van der Waals surface area contributed by atoms with Gasteiger partial charge in [0.2, 0.25) is 0 Å². The summed E-state index contributed by atoms with van der Waals surface area (Å²) in [5, 5.41) is 7.79. The third kappa shape index (κ3) is 5.12. The fourth-order valence-electron chi connectivity index (χ4n) is 1.82. The first-order valence-electron chi connectivity index (χ1n) is 5.97. The van der Waals surface area contributed by atoms with Gasteiger partial charge in [-0.2, -0.15) is 13.2 Å². The maximum absolute atomic E-state index is 12.4. The van der Waals surface area contributed by atoms with Crippen molar-refractivity contribution in [2.24, 2.45) is 0 Å². The summed E-state index contributed by atoms with van der Waals surface area (Å²) >= 11 is 0. The van der Waals surface area contributed by atoms with Crippen LogP contribution in [-0.4, -0.2) is 36.4 Å². The van der Waals surface area contributed by atoms with Gasteiger partial charge in [0, 0.05) is 18.1 Å². The third-order valence-corrected chi connectivity index (χ3v) is 2.63. The number of piperidine rings is 1. The molecular weight excluding hydrogens is 247 g/mol. The molecule has 1 saturated heterocycles. The molecule has 1 aliphatic heterocycles. The predicted octanol–water partition coefficient (Wildman–Crippen LogP) is 1.77. The third-order valence-electron chi connectivity index (χ3n) is 2.63. The summed E-state index contributed by atoms with van der Waals surface area (Å²) in [6.45, 7) is 5.66. The van der Waals surface area contributed by atoms with E-state index in [1.54, 1.807) is 0 Å². The first-order valence-corrected chi connectivity index (χ1v) is 5.97. The lowest BCUT2D eigenvalue weighted by Crippen LogP contribution is -2.57. The van der Waals surface area contributed by atoms with E-state index in [1.807, 2.05) is 20.8 Å². The molecule has 1 aliphatic rings. The standard InChI is InChI=1S/C11H20F3N3O/c1-10(2,3)17-9(18)16-7-4-5-8(15-6-7)11(12,13)14/h7-8,15H,4-6H2,1-3H3,(H2,16,17,18). The smallest absolute Gasteiger partial charge is 0.334 e. The van der Waals surface area contributed by atoms with Gasteiger partial charge in [-0.1, -0.05) is 0 Å². The van der Waals surface area contributed by atoms with Crippen molar-refractivity contribution >= 4 is 6.03 Å². The van der Waals surface area contributed by atoms with Crippen LogP contribution in [0.4, 0.5) is 18.0 Å². The Morgan fingerprint density at radius 2 is 1.83 bits per heavy atom. The monoisotopic (exact) mass is 267 g/mol. The van der Waals surface area contributed by atoms with Crippen LogP contribution in [0, 0.1) is 0 Å². The van der Waals surface area contributed by atoms with Crippen molar-refractivity contribution in [3.8, 4) is 0 Å². The Kier molecular flexibility index (Phi) is 4.47. The van der Waals surface area contributed by atoms with E-state index in [4.69, 9.17) is 0 Å². The largest absolute Gasteiger partial charge is 0.403 e. The van der Waals surface area contributed by atoms with Crippen LogP contribution in [0.25, 0.3) is 0 Å². The van der Waals surface area contributed by atoms with Gasteiger partial charge in [0.15, 0.2) is 0 Å². The van der Waals surface area contributed by atoms with Gasteiger partial charge in [-0.3, -0.25) is 0 Å². The summed E-state index contributed by atoms with van der Waals surface area (Å²) in [4.78, 5) is 11.5. The molecule has 3 N–H and O–H groups in total. The molecule has 0 aromatic rings. The highest BCUT2D eigenvalue weighted by atomic mass is 19.4. The molecule has 0 aliphatic carbocycles. The Balaban J connectivity index is 2.34. The second kappa shape index (κ2) is 5.34. The quantitative estimate of drug-likeness (QED) is 0.678. The van der Waals surface area contributed by atoms with Crippen LogP contribution in [0.15, 0.2) is 0 Å². The van der Waals surface area contributed by atoms with Crippen molar-refractivity contribution in [1.29, 1.82) is 0 Å². The maximum Gasteiger partial charge on any atom is 0.403 e. The highest BCUT2D eigenvalue weighted by molar-refractivity contribution is 5.75. The van der Waals surface area contributed by atoms with Crippen molar-refractivity contribution < 1.29 is 18.0 Å². The average molecular weight is 267 g/mol. The molecule has 7 heteroatoms. The van der Waals surface area contributed by atoms with Crippen molar-refractivity contribution in [2.75, 3.05) is 6.54 Å². The fraction of sp³-hybridized carbons (Fsp3) is 0.909. The molecule has 18 heavy (non-hydrogen) atoms. The molecule has 2 unspecified atom stereocenters. The second-order valence-electron chi connectivity index (χ2n) is 5.63. The van der Waals surface area contributed by atoms with Crippen LogP contribution < -0.4 is 16.0 Å². The van der Waals surface area contributed by atoms with E-state index < -0.39 is 12.2 Å². The molecule has 2 amide bonds. The number of alkyl halides is 3. The lowest BCUT2D eigenvalue weighted by Gasteiger charge is -2.32. The van der Waals surface area contributed by atoms with Crippen molar-refractivity contribution in [3.05, 3.63) is 0 Å². The molecule has 1 heterocycles. The fourth-order valence-corrected chi connectivity index (χ4v) is 1.82. The summed E-state index contributed by atoms with van der Waals surface area (Å²) in [6, 6.07) is -2.06. The number of carbonyl (C=O) groups excluding carboxylic acids is 1. The minimum Gasteiger partial charge on any atom is -0.334 e. The predicted molar refractivity (Wildman–Crippen MR) is 62.3 cm³/mol. The van der Waals surface area contributed by atoms with Gasteiger partial charge in [0.05, 0.1) is 0 Å². The van der Waals surface area contributed by atoms with E-state index in [9.17, 15) is 18.0 Å². The zero-order valence-electron chi connectivity index (χ0n) is 10.8. The average Bonchev–Trinajstić information content (AvgIpc) is 2.13. The molecular formula is C11H20F3N3O. The number of hydrogen-bond acceptors (Lipinski definition) is 2. The van der Waals surface area contributed by atoms with Crippen LogP contribution in [-0.2, 0) is 0 Å². The Hall–Kier alpha value is -0.980. The van der Waals surface area contributed by atoms with E-state index in [2.05, 4.69) is 16.0 Å². The topological polar surface area (TPSA) is 53.2 Å².